The molecular weight excluding hydrogens is 526 g/mol. The van der Waals surface area contributed by atoms with Gasteiger partial charge in [-0.15, -0.1) is 0 Å². The van der Waals surface area contributed by atoms with Crippen molar-refractivity contribution in [3.8, 4) is 10.8 Å². The van der Waals surface area contributed by atoms with Gasteiger partial charge in [0.05, 0.1) is 6.54 Å². The number of rotatable bonds is 10. The number of carbonyl (C=O) groups excluding carboxylic acids is 1. The van der Waals surface area contributed by atoms with Gasteiger partial charge in [-0.3, -0.25) is 24.3 Å². The van der Waals surface area contributed by atoms with E-state index in [9.17, 15) is 24.6 Å². The molecule has 2 aromatic carbocycles. The molecular formula is C26H27N5O5S2. The van der Waals surface area contributed by atoms with Gasteiger partial charge in [0.2, 0.25) is 0 Å². The molecule has 38 heavy (non-hydrogen) atoms. The summed E-state index contributed by atoms with van der Waals surface area (Å²) in [7, 11) is 0. The van der Waals surface area contributed by atoms with E-state index in [0.29, 0.717) is 47.1 Å². The Labute approximate surface area is 229 Å². The summed E-state index contributed by atoms with van der Waals surface area (Å²) in [5.41, 5.74) is 1.10. The first-order valence-corrected chi connectivity index (χ1v) is 13.4. The first kappa shape index (κ1) is 29.2. The molecule has 2 atom stereocenters. The molecule has 0 aromatic heterocycles. The molecule has 12 heteroatoms. The third-order valence-corrected chi connectivity index (χ3v) is 7.53. The summed E-state index contributed by atoms with van der Waals surface area (Å²) in [5, 5.41) is 42.1. The zero-order chi connectivity index (χ0) is 27.5. The number of benzene rings is 2. The molecule has 1 saturated heterocycles. The van der Waals surface area contributed by atoms with E-state index in [0.717, 1.165) is 29.8 Å². The molecule has 0 spiro atoms. The summed E-state index contributed by atoms with van der Waals surface area (Å²) in [4.78, 5) is 43.0. The standard InChI is InChI=1S/C26H27N5O5S2/c27-17-37-21-5-1-19(2-6-21)23(25(33)34)30-11-9-29(15-16-32)10-12-31(14-13-30)24(26(35)36)20-3-7-22(8-4-20)38-18-28/h1-8,16,23-24H,9-15H2,(H,33,34)(H,35,36). The smallest absolute Gasteiger partial charge is 0.325 e. The van der Waals surface area contributed by atoms with Gasteiger partial charge < -0.3 is 15.0 Å². The van der Waals surface area contributed by atoms with Gasteiger partial charge in [0.25, 0.3) is 0 Å². The molecule has 3 rings (SSSR count). The molecule has 2 unspecified atom stereocenters. The minimum Gasteiger partial charge on any atom is -0.480 e. The summed E-state index contributed by atoms with van der Waals surface area (Å²) < 4.78 is 0. The Balaban J connectivity index is 1.91. The number of nitriles is 2. The highest BCUT2D eigenvalue weighted by Crippen LogP contribution is 2.28. The Morgan fingerprint density at radius 2 is 1.13 bits per heavy atom. The van der Waals surface area contributed by atoms with Gasteiger partial charge in [-0.1, -0.05) is 24.3 Å². The highest BCUT2D eigenvalue weighted by Gasteiger charge is 2.33. The first-order valence-electron chi connectivity index (χ1n) is 11.8. The van der Waals surface area contributed by atoms with E-state index in [1.807, 2.05) is 15.7 Å². The van der Waals surface area contributed by atoms with Gasteiger partial charge in [-0.2, -0.15) is 10.5 Å². The van der Waals surface area contributed by atoms with Crippen molar-refractivity contribution in [2.45, 2.75) is 21.9 Å². The van der Waals surface area contributed by atoms with Gasteiger partial charge in [0, 0.05) is 49.1 Å². The average Bonchev–Trinajstić information content (AvgIpc) is 2.98. The highest BCUT2D eigenvalue weighted by molar-refractivity contribution is 8.04. The van der Waals surface area contributed by atoms with Crippen molar-refractivity contribution in [1.82, 2.24) is 14.7 Å². The van der Waals surface area contributed by atoms with Crippen molar-refractivity contribution in [3.05, 3.63) is 59.7 Å². The van der Waals surface area contributed by atoms with Crippen LogP contribution in [0.1, 0.15) is 23.2 Å². The van der Waals surface area contributed by atoms with Crippen LogP contribution in [0.5, 0.6) is 0 Å². The first-order chi connectivity index (χ1) is 18.4. The van der Waals surface area contributed by atoms with Crippen LogP contribution in [0, 0.1) is 21.3 Å². The van der Waals surface area contributed by atoms with E-state index in [1.54, 1.807) is 58.3 Å². The van der Waals surface area contributed by atoms with E-state index in [-0.39, 0.29) is 19.6 Å². The molecule has 1 heterocycles. The lowest BCUT2D eigenvalue weighted by Gasteiger charge is -2.33. The molecule has 0 radical (unpaired) electrons. The zero-order valence-corrected chi connectivity index (χ0v) is 22.1. The van der Waals surface area contributed by atoms with Crippen molar-refractivity contribution in [2.24, 2.45) is 0 Å². The quantitative estimate of drug-likeness (QED) is 0.253. The Morgan fingerprint density at radius 3 is 1.45 bits per heavy atom. The third-order valence-electron chi connectivity index (χ3n) is 6.33. The van der Waals surface area contributed by atoms with Crippen molar-refractivity contribution >= 4 is 41.7 Å². The molecule has 2 N–H and O–H groups in total. The number of carboxylic acids is 2. The lowest BCUT2D eigenvalue weighted by atomic mass is 10.0. The number of aldehydes is 1. The Morgan fingerprint density at radius 1 is 0.763 bits per heavy atom. The van der Waals surface area contributed by atoms with Crippen LogP contribution in [-0.4, -0.2) is 89.0 Å². The van der Waals surface area contributed by atoms with E-state index in [2.05, 4.69) is 0 Å². The normalized spacial score (nSPS) is 17.1. The Kier molecular flexibility index (Phi) is 11.1. The van der Waals surface area contributed by atoms with E-state index in [4.69, 9.17) is 10.5 Å². The van der Waals surface area contributed by atoms with Crippen LogP contribution in [0.25, 0.3) is 0 Å². The van der Waals surface area contributed by atoms with Crippen LogP contribution in [0.4, 0.5) is 0 Å². The monoisotopic (exact) mass is 553 g/mol. The summed E-state index contributed by atoms with van der Waals surface area (Å²) in [5.74, 6) is -2.09. The fourth-order valence-corrected chi connectivity index (χ4v) is 5.25. The lowest BCUT2D eigenvalue weighted by Crippen LogP contribution is -2.43. The summed E-state index contributed by atoms with van der Waals surface area (Å²) in [6.45, 7) is 2.33. The molecule has 0 amide bonds. The average molecular weight is 554 g/mol. The van der Waals surface area contributed by atoms with Crippen LogP contribution >= 0.6 is 23.5 Å². The molecule has 1 fully saturated rings. The fourth-order valence-electron chi connectivity index (χ4n) is 4.50. The van der Waals surface area contributed by atoms with Crippen LogP contribution in [-0.2, 0) is 14.4 Å². The third kappa shape index (κ3) is 7.81. The van der Waals surface area contributed by atoms with Crippen LogP contribution < -0.4 is 0 Å². The number of thioether (sulfide) groups is 2. The highest BCUT2D eigenvalue weighted by atomic mass is 32.2. The van der Waals surface area contributed by atoms with Gasteiger partial charge >= 0.3 is 11.9 Å². The van der Waals surface area contributed by atoms with Crippen molar-refractivity contribution in [2.75, 3.05) is 45.8 Å². The number of thiocyanates is 2. The molecule has 0 saturated carbocycles. The Hall–Kier alpha value is -3.39. The number of carboxylic acid groups (broad SMARTS) is 2. The second-order valence-electron chi connectivity index (χ2n) is 8.55. The predicted octanol–water partition coefficient (Wildman–Crippen LogP) is 2.90. The minimum atomic E-state index is -1.04. The minimum absolute atomic E-state index is 0.150. The molecule has 10 nitrogen and oxygen atoms in total. The summed E-state index contributed by atoms with van der Waals surface area (Å²) in [6, 6.07) is 11.6. The van der Waals surface area contributed by atoms with Crippen molar-refractivity contribution < 1.29 is 24.6 Å². The largest absolute Gasteiger partial charge is 0.480 e. The summed E-state index contributed by atoms with van der Waals surface area (Å²) >= 11 is 1.97. The topological polar surface area (TPSA) is 149 Å². The second-order valence-corrected chi connectivity index (χ2v) is 10.3. The fraction of sp³-hybridized carbons (Fsp3) is 0.346. The van der Waals surface area contributed by atoms with Crippen LogP contribution in [0.15, 0.2) is 58.3 Å². The molecule has 0 bridgehead atoms. The number of aliphatic carboxylic acids is 2. The maximum absolute atomic E-state index is 12.4. The molecule has 1 aliphatic heterocycles. The van der Waals surface area contributed by atoms with E-state index >= 15 is 0 Å². The van der Waals surface area contributed by atoms with Gasteiger partial charge in [0.15, 0.2) is 0 Å². The summed E-state index contributed by atoms with van der Waals surface area (Å²) in [6.07, 6.45) is 0.785. The SMILES string of the molecule is N#CSc1ccc(C(C(=O)O)N2CCN(CC=O)CCN(C(C(=O)O)c3ccc(SC#N)cc3)CC2)cc1. The molecule has 2 aromatic rings. The van der Waals surface area contributed by atoms with Gasteiger partial charge in [-0.25, -0.2) is 0 Å². The van der Waals surface area contributed by atoms with E-state index in [1.165, 1.54) is 0 Å². The zero-order valence-electron chi connectivity index (χ0n) is 20.5. The van der Waals surface area contributed by atoms with E-state index < -0.39 is 24.0 Å². The number of nitrogens with zero attached hydrogens (tertiary/aromatic N) is 5. The van der Waals surface area contributed by atoms with Crippen molar-refractivity contribution in [1.29, 1.82) is 10.5 Å². The Bertz CT molecular complexity index is 1110. The van der Waals surface area contributed by atoms with Crippen LogP contribution in [0.2, 0.25) is 0 Å². The molecule has 198 valence electrons. The molecule has 1 aliphatic rings. The molecule has 0 aliphatic carbocycles. The maximum Gasteiger partial charge on any atom is 0.325 e. The number of carbonyl (C=O) groups is 3. The van der Waals surface area contributed by atoms with Gasteiger partial charge in [-0.05, 0) is 58.9 Å². The number of hydrogen-bond donors (Lipinski definition) is 2. The lowest BCUT2D eigenvalue weighted by molar-refractivity contribution is -0.146. The van der Waals surface area contributed by atoms with Crippen molar-refractivity contribution in [3.63, 3.8) is 0 Å². The number of hydrogen-bond acceptors (Lipinski definition) is 10. The predicted molar refractivity (Wildman–Crippen MR) is 142 cm³/mol. The van der Waals surface area contributed by atoms with Crippen LogP contribution in [0.3, 0.4) is 0 Å². The van der Waals surface area contributed by atoms with Gasteiger partial charge in [0.1, 0.15) is 29.2 Å². The second kappa shape index (κ2) is 14.5. The maximum atomic E-state index is 12.4.